The van der Waals surface area contributed by atoms with Gasteiger partial charge in [0, 0.05) is 6.04 Å². The predicted molar refractivity (Wildman–Crippen MR) is 81.3 cm³/mol. The summed E-state index contributed by atoms with van der Waals surface area (Å²) >= 11 is 0. The van der Waals surface area contributed by atoms with Crippen molar-refractivity contribution in [2.75, 3.05) is 6.54 Å². The minimum Gasteiger partial charge on any atom is -0.487 e. The monoisotopic (exact) mass is 271 g/mol. The number of hydrogen-bond acceptors (Lipinski definition) is 2. The Morgan fingerprint density at radius 1 is 1.10 bits per heavy atom. The van der Waals surface area contributed by atoms with Gasteiger partial charge in [-0.3, -0.25) is 0 Å². The summed E-state index contributed by atoms with van der Waals surface area (Å²) < 4.78 is 6.43. The van der Waals surface area contributed by atoms with Gasteiger partial charge in [0.1, 0.15) is 11.4 Å². The number of rotatable bonds is 6. The molecule has 0 bridgehead atoms. The summed E-state index contributed by atoms with van der Waals surface area (Å²) in [7, 11) is 0. The maximum atomic E-state index is 6.43. The molecular formula is C18H25NO. The van der Waals surface area contributed by atoms with Crippen LogP contribution in [0.5, 0.6) is 5.75 Å². The molecule has 1 aromatic carbocycles. The second-order valence-electron chi connectivity index (χ2n) is 6.90. The maximum absolute atomic E-state index is 6.43. The van der Waals surface area contributed by atoms with Crippen LogP contribution in [0.4, 0.5) is 0 Å². The Balaban J connectivity index is 1.40. The van der Waals surface area contributed by atoms with Gasteiger partial charge in [-0.2, -0.15) is 0 Å². The third-order valence-electron chi connectivity index (χ3n) is 5.26. The second kappa shape index (κ2) is 5.07. The fraction of sp³-hybridized carbons (Fsp3) is 0.667. The van der Waals surface area contributed by atoms with Crippen molar-refractivity contribution in [1.29, 1.82) is 0 Å². The number of benzene rings is 1. The topological polar surface area (TPSA) is 21.3 Å². The van der Waals surface area contributed by atoms with E-state index in [1.165, 1.54) is 68.9 Å². The highest BCUT2D eigenvalue weighted by atomic mass is 16.5. The molecule has 0 aliphatic heterocycles. The molecule has 0 saturated heterocycles. The molecule has 2 nitrogen and oxygen atoms in total. The van der Waals surface area contributed by atoms with E-state index in [9.17, 15) is 0 Å². The highest BCUT2D eigenvalue weighted by Gasteiger charge is 2.39. The van der Waals surface area contributed by atoms with Gasteiger partial charge in [0.15, 0.2) is 0 Å². The van der Waals surface area contributed by atoms with E-state index in [-0.39, 0.29) is 5.60 Å². The first kappa shape index (κ1) is 12.7. The van der Waals surface area contributed by atoms with Crippen molar-refractivity contribution in [1.82, 2.24) is 5.32 Å². The molecule has 0 spiro atoms. The first-order valence-corrected chi connectivity index (χ1v) is 8.37. The molecule has 0 aromatic heterocycles. The van der Waals surface area contributed by atoms with Crippen LogP contribution in [0.2, 0.25) is 0 Å². The lowest BCUT2D eigenvalue weighted by molar-refractivity contribution is -0.0143. The third kappa shape index (κ3) is 2.58. The van der Waals surface area contributed by atoms with E-state index in [0.717, 1.165) is 18.3 Å². The molecule has 0 unspecified atom stereocenters. The summed E-state index contributed by atoms with van der Waals surface area (Å²) in [5.41, 5.74) is 3.19. The van der Waals surface area contributed by atoms with Gasteiger partial charge in [0.25, 0.3) is 0 Å². The number of fused-ring (bicyclic) bond motifs is 1. The second-order valence-corrected chi connectivity index (χ2v) is 6.90. The minimum absolute atomic E-state index is 0.134. The fourth-order valence-electron chi connectivity index (χ4n) is 3.63. The lowest BCUT2D eigenvalue weighted by atomic mass is 9.77. The third-order valence-corrected chi connectivity index (χ3v) is 5.26. The standard InChI is InChI=1S/C18H25NO/c1-3-14-5-8-17(13-15(14)4-1)20-18(9-2-10-18)11-12-19-16-6-7-16/h5,8,13,16,19H,1-4,6-7,9-12H2. The van der Waals surface area contributed by atoms with E-state index in [0.29, 0.717) is 0 Å². The zero-order valence-electron chi connectivity index (χ0n) is 12.3. The average Bonchev–Trinajstić information content (AvgIpc) is 3.11. The average molecular weight is 271 g/mol. The van der Waals surface area contributed by atoms with E-state index >= 15 is 0 Å². The molecule has 2 fully saturated rings. The van der Waals surface area contributed by atoms with Crippen molar-refractivity contribution in [3.8, 4) is 5.75 Å². The van der Waals surface area contributed by atoms with Crippen LogP contribution in [-0.2, 0) is 12.8 Å². The van der Waals surface area contributed by atoms with Gasteiger partial charge >= 0.3 is 0 Å². The molecule has 1 N–H and O–H groups in total. The highest BCUT2D eigenvalue weighted by Crippen LogP contribution is 2.40. The zero-order chi connectivity index (χ0) is 13.4. The van der Waals surface area contributed by atoms with Crippen LogP contribution < -0.4 is 10.1 Å². The molecule has 3 aliphatic carbocycles. The quantitative estimate of drug-likeness (QED) is 0.853. The Morgan fingerprint density at radius 2 is 1.95 bits per heavy atom. The molecular weight excluding hydrogens is 246 g/mol. The van der Waals surface area contributed by atoms with Crippen molar-refractivity contribution >= 4 is 0 Å². The summed E-state index contributed by atoms with van der Waals surface area (Å²) in [6, 6.07) is 7.59. The zero-order valence-corrected chi connectivity index (χ0v) is 12.3. The van der Waals surface area contributed by atoms with Crippen molar-refractivity contribution in [2.45, 2.75) is 69.4 Å². The van der Waals surface area contributed by atoms with Crippen LogP contribution in [0.15, 0.2) is 18.2 Å². The summed E-state index contributed by atoms with van der Waals surface area (Å²) in [6.45, 7) is 1.12. The molecule has 20 heavy (non-hydrogen) atoms. The normalized spacial score (nSPS) is 23.2. The summed E-state index contributed by atoms with van der Waals surface area (Å²) in [6.07, 6.45) is 11.5. The smallest absolute Gasteiger partial charge is 0.120 e. The number of hydrogen-bond donors (Lipinski definition) is 1. The maximum Gasteiger partial charge on any atom is 0.120 e. The van der Waals surface area contributed by atoms with Crippen molar-refractivity contribution in [2.24, 2.45) is 0 Å². The van der Waals surface area contributed by atoms with Gasteiger partial charge in [0.2, 0.25) is 0 Å². The molecule has 1 aromatic rings. The van der Waals surface area contributed by atoms with Gasteiger partial charge in [-0.05, 0) is 87.6 Å². The first-order valence-electron chi connectivity index (χ1n) is 8.37. The van der Waals surface area contributed by atoms with Gasteiger partial charge in [-0.15, -0.1) is 0 Å². The van der Waals surface area contributed by atoms with Crippen molar-refractivity contribution in [3.05, 3.63) is 29.3 Å². The van der Waals surface area contributed by atoms with E-state index in [1.54, 1.807) is 0 Å². The summed E-state index contributed by atoms with van der Waals surface area (Å²) in [5.74, 6) is 1.11. The highest BCUT2D eigenvalue weighted by molar-refractivity contribution is 5.38. The van der Waals surface area contributed by atoms with E-state index in [2.05, 4.69) is 23.5 Å². The molecule has 0 heterocycles. The Kier molecular flexibility index (Phi) is 3.22. The molecule has 2 heteroatoms. The molecule has 3 aliphatic rings. The Hall–Kier alpha value is -1.02. The Morgan fingerprint density at radius 3 is 2.70 bits per heavy atom. The molecule has 0 amide bonds. The van der Waals surface area contributed by atoms with E-state index in [4.69, 9.17) is 4.74 Å². The van der Waals surface area contributed by atoms with Crippen LogP contribution in [0.1, 0.15) is 56.1 Å². The van der Waals surface area contributed by atoms with Crippen LogP contribution in [-0.4, -0.2) is 18.2 Å². The van der Waals surface area contributed by atoms with E-state index in [1.807, 2.05) is 0 Å². The van der Waals surface area contributed by atoms with Crippen LogP contribution >= 0.6 is 0 Å². The Bertz CT molecular complexity index is 488. The van der Waals surface area contributed by atoms with Crippen molar-refractivity contribution in [3.63, 3.8) is 0 Å². The lowest BCUT2D eigenvalue weighted by Crippen LogP contribution is -2.45. The number of nitrogens with one attached hydrogen (secondary N) is 1. The van der Waals surface area contributed by atoms with Gasteiger partial charge in [-0.25, -0.2) is 0 Å². The Labute approximate surface area is 121 Å². The number of aryl methyl sites for hydroxylation is 2. The molecule has 0 atom stereocenters. The fourth-order valence-corrected chi connectivity index (χ4v) is 3.63. The van der Waals surface area contributed by atoms with E-state index < -0.39 is 0 Å². The largest absolute Gasteiger partial charge is 0.487 e. The SMILES string of the molecule is c1cc2c(cc1OC1(CCNC3CC3)CCC1)CCC2. The summed E-state index contributed by atoms with van der Waals surface area (Å²) in [5, 5.41) is 3.63. The molecule has 2 saturated carbocycles. The van der Waals surface area contributed by atoms with Crippen molar-refractivity contribution < 1.29 is 4.74 Å². The minimum atomic E-state index is 0.134. The van der Waals surface area contributed by atoms with Crippen LogP contribution in [0.25, 0.3) is 0 Å². The summed E-state index contributed by atoms with van der Waals surface area (Å²) in [4.78, 5) is 0. The number of ether oxygens (including phenoxy) is 1. The van der Waals surface area contributed by atoms with Gasteiger partial charge in [-0.1, -0.05) is 6.07 Å². The van der Waals surface area contributed by atoms with Crippen LogP contribution in [0.3, 0.4) is 0 Å². The molecule has 0 radical (unpaired) electrons. The predicted octanol–water partition coefficient (Wildman–Crippen LogP) is 3.62. The molecule has 4 rings (SSSR count). The first-order chi connectivity index (χ1) is 9.83. The van der Waals surface area contributed by atoms with Gasteiger partial charge < -0.3 is 10.1 Å². The van der Waals surface area contributed by atoms with Crippen LogP contribution in [0, 0.1) is 0 Å². The molecule has 108 valence electrons. The van der Waals surface area contributed by atoms with Gasteiger partial charge in [0.05, 0.1) is 0 Å². The lowest BCUT2D eigenvalue weighted by Gasteiger charge is -2.42.